The zero-order valence-corrected chi connectivity index (χ0v) is 11.1. The SMILES string of the molecule is C=C(Br)CNc1ncc(C(=O)O)c2ccccc12. The fraction of sp³-hybridized carbons (Fsp3) is 0.0769. The molecule has 0 atom stereocenters. The summed E-state index contributed by atoms with van der Waals surface area (Å²) in [6.45, 7) is 4.26. The molecule has 0 fully saturated rings. The zero-order chi connectivity index (χ0) is 13.1. The van der Waals surface area contributed by atoms with Crippen LogP contribution in [-0.2, 0) is 0 Å². The lowest BCUT2D eigenvalue weighted by atomic mass is 10.1. The van der Waals surface area contributed by atoms with Crippen molar-refractivity contribution in [1.29, 1.82) is 0 Å². The molecule has 1 aromatic heterocycles. The number of anilines is 1. The summed E-state index contributed by atoms with van der Waals surface area (Å²) < 4.78 is 0.802. The Labute approximate surface area is 112 Å². The van der Waals surface area contributed by atoms with Crippen molar-refractivity contribution in [3.8, 4) is 0 Å². The number of fused-ring (bicyclic) bond motifs is 1. The quantitative estimate of drug-likeness (QED) is 0.910. The molecule has 0 amide bonds. The predicted molar refractivity (Wildman–Crippen MR) is 75.3 cm³/mol. The van der Waals surface area contributed by atoms with E-state index >= 15 is 0 Å². The van der Waals surface area contributed by atoms with Gasteiger partial charge in [-0.25, -0.2) is 9.78 Å². The van der Waals surface area contributed by atoms with Crippen LogP contribution in [0.15, 0.2) is 41.5 Å². The van der Waals surface area contributed by atoms with Gasteiger partial charge in [0.1, 0.15) is 5.82 Å². The number of aromatic nitrogens is 1. The molecule has 1 heterocycles. The van der Waals surface area contributed by atoms with E-state index in [2.05, 4.69) is 32.8 Å². The largest absolute Gasteiger partial charge is 0.478 e. The molecular formula is C13H11BrN2O2. The number of aromatic carboxylic acids is 1. The average molecular weight is 307 g/mol. The molecule has 2 N–H and O–H groups in total. The van der Waals surface area contributed by atoms with E-state index in [1.54, 1.807) is 6.07 Å². The van der Waals surface area contributed by atoms with E-state index in [0.717, 1.165) is 9.87 Å². The number of pyridine rings is 1. The van der Waals surface area contributed by atoms with E-state index in [0.29, 0.717) is 17.7 Å². The first-order valence-corrected chi connectivity index (χ1v) is 6.07. The Balaban J connectivity index is 2.53. The summed E-state index contributed by atoms with van der Waals surface area (Å²) in [6.07, 6.45) is 1.37. The van der Waals surface area contributed by atoms with E-state index in [1.807, 2.05) is 18.2 Å². The van der Waals surface area contributed by atoms with Gasteiger partial charge in [-0.1, -0.05) is 46.8 Å². The second kappa shape index (κ2) is 5.18. The highest BCUT2D eigenvalue weighted by Gasteiger charge is 2.11. The number of carboxylic acid groups (broad SMARTS) is 1. The molecular weight excluding hydrogens is 296 g/mol. The van der Waals surface area contributed by atoms with Gasteiger partial charge in [-0.15, -0.1) is 0 Å². The van der Waals surface area contributed by atoms with Gasteiger partial charge in [0.15, 0.2) is 0 Å². The van der Waals surface area contributed by atoms with Crippen molar-refractivity contribution in [2.24, 2.45) is 0 Å². The Kier molecular flexibility index (Phi) is 3.62. The van der Waals surface area contributed by atoms with Crippen molar-refractivity contribution in [1.82, 2.24) is 4.98 Å². The van der Waals surface area contributed by atoms with Gasteiger partial charge in [0.25, 0.3) is 0 Å². The van der Waals surface area contributed by atoms with Crippen molar-refractivity contribution < 1.29 is 9.90 Å². The summed E-state index contributed by atoms with van der Waals surface area (Å²) in [5.74, 6) is -0.327. The van der Waals surface area contributed by atoms with Gasteiger partial charge in [0.05, 0.1) is 5.56 Å². The van der Waals surface area contributed by atoms with Crippen LogP contribution in [-0.4, -0.2) is 22.6 Å². The lowest BCUT2D eigenvalue weighted by Gasteiger charge is -2.09. The number of nitrogens with zero attached hydrogens (tertiary/aromatic N) is 1. The summed E-state index contributed by atoms with van der Waals surface area (Å²) in [6, 6.07) is 7.27. The molecule has 0 aliphatic carbocycles. The lowest BCUT2D eigenvalue weighted by molar-refractivity contribution is 0.0698. The summed E-state index contributed by atoms with van der Waals surface area (Å²) in [4.78, 5) is 15.3. The third-order valence-corrected chi connectivity index (χ3v) is 2.75. The number of hydrogen-bond donors (Lipinski definition) is 2. The fourth-order valence-electron chi connectivity index (χ4n) is 1.68. The van der Waals surface area contributed by atoms with Crippen LogP contribution in [0.3, 0.4) is 0 Å². The normalized spacial score (nSPS) is 10.3. The molecule has 0 aliphatic heterocycles. The minimum absolute atomic E-state index is 0.203. The fourth-order valence-corrected chi connectivity index (χ4v) is 1.82. The highest BCUT2D eigenvalue weighted by atomic mass is 79.9. The minimum Gasteiger partial charge on any atom is -0.478 e. The molecule has 18 heavy (non-hydrogen) atoms. The van der Waals surface area contributed by atoms with Crippen LogP contribution in [0.2, 0.25) is 0 Å². The molecule has 4 nitrogen and oxygen atoms in total. The number of rotatable bonds is 4. The zero-order valence-electron chi connectivity index (χ0n) is 9.48. The Morgan fingerprint density at radius 3 is 2.67 bits per heavy atom. The standard InChI is InChI=1S/C13H11BrN2O2/c1-8(14)6-15-12-10-5-3-2-4-9(10)11(7-16-12)13(17)18/h2-5,7H,1,6H2,(H,15,16)(H,17,18). The summed E-state index contributed by atoms with van der Waals surface area (Å²) in [7, 11) is 0. The minimum atomic E-state index is -0.977. The van der Waals surface area contributed by atoms with Gasteiger partial charge in [0, 0.05) is 28.0 Å². The Hall–Kier alpha value is -1.88. The van der Waals surface area contributed by atoms with E-state index < -0.39 is 5.97 Å². The highest BCUT2D eigenvalue weighted by molar-refractivity contribution is 9.11. The molecule has 0 unspecified atom stereocenters. The highest BCUT2D eigenvalue weighted by Crippen LogP contribution is 2.24. The first kappa shape index (κ1) is 12.6. The van der Waals surface area contributed by atoms with Crippen LogP contribution in [0.1, 0.15) is 10.4 Å². The first-order chi connectivity index (χ1) is 8.59. The smallest absolute Gasteiger partial charge is 0.337 e. The van der Waals surface area contributed by atoms with Crippen LogP contribution in [0.25, 0.3) is 10.8 Å². The molecule has 2 rings (SSSR count). The van der Waals surface area contributed by atoms with E-state index in [4.69, 9.17) is 5.11 Å². The van der Waals surface area contributed by atoms with Gasteiger partial charge < -0.3 is 10.4 Å². The molecule has 0 bridgehead atoms. The molecule has 0 saturated heterocycles. The molecule has 92 valence electrons. The van der Waals surface area contributed by atoms with Crippen LogP contribution in [0.4, 0.5) is 5.82 Å². The maximum Gasteiger partial charge on any atom is 0.337 e. The number of carboxylic acids is 1. The number of benzene rings is 1. The molecule has 2 aromatic rings. The molecule has 1 aromatic carbocycles. The molecule has 5 heteroatoms. The van der Waals surface area contributed by atoms with E-state index in [9.17, 15) is 4.79 Å². The summed E-state index contributed by atoms with van der Waals surface area (Å²) in [5.41, 5.74) is 0.203. The monoisotopic (exact) mass is 306 g/mol. The second-order valence-electron chi connectivity index (χ2n) is 3.74. The van der Waals surface area contributed by atoms with Gasteiger partial charge >= 0.3 is 5.97 Å². The molecule has 0 saturated carbocycles. The number of carbonyl (C=O) groups is 1. The van der Waals surface area contributed by atoms with Crippen molar-refractivity contribution in [2.45, 2.75) is 0 Å². The first-order valence-electron chi connectivity index (χ1n) is 5.28. The van der Waals surface area contributed by atoms with Crippen molar-refractivity contribution >= 4 is 38.5 Å². The molecule has 0 spiro atoms. The average Bonchev–Trinajstić information content (AvgIpc) is 2.35. The Bertz CT molecular complexity index is 625. The van der Waals surface area contributed by atoms with Crippen molar-refractivity contribution in [2.75, 3.05) is 11.9 Å². The third kappa shape index (κ3) is 2.51. The topological polar surface area (TPSA) is 62.2 Å². The van der Waals surface area contributed by atoms with Gasteiger partial charge in [-0.2, -0.15) is 0 Å². The van der Waals surface area contributed by atoms with Gasteiger partial charge in [0.2, 0.25) is 0 Å². The lowest BCUT2D eigenvalue weighted by Crippen LogP contribution is -2.06. The third-order valence-electron chi connectivity index (χ3n) is 2.47. The Morgan fingerprint density at radius 1 is 1.39 bits per heavy atom. The number of halogens is 1. The Morgan fingerprint density at radius 2 is 2.06 bits per heavy atom. The van der Waals surface area contributed by atoms with Crippen molar-refractivity contribution in [3.05, 3.63) is 47.1 Å². The number of nitrogens with one attached hydrogen (secondary N) is 1. The van der Waals surface area contributed by atoms with E-state index in [1.165, 1.54) is 6.20 Å². The van der Waals surface area contributed by atoms with Crippen LogP contribution >= 0.6 is 15.9 Å². The van der Waals surface area contributed by atoms with E-state index in [-0.39, 0.29) is 5.56 Å². The van der Waals surface area contributed by atoms with Crippen LogP contribution in [0.5, 0.6) is 0 Å². The number of hydrogen-bond acceptors (Lipinski definition) is 3. The second-order valence-corrected chi connectivity index (χ2v) is 4.86. The molecule has 0 aliphatic rings. The van der Waals surface area contributed by atoms with Crippen LogP contribution in [0, 0.1) is 0 Å². The maximum absolute atomic E-state index is 11.1. The maximum atomic E-state index is 11.1. The predicted octanol–water partition coefficient (Wildman–Crippen LogP) is 3.25. The van der Waals surface area contributed by atoms with Gasteiger partial charge in [-0.05, 0) is 0 Å². The summed E-state index contributed by atoms with van der Waals surface area (Å²) >= 11 is 3.25. The van der Waals surface area contributed by atoms with Crippen LogP contribution < -0.4 is 5.32 Å². The molecule has 0 radical (unpaired) electrons. The summed E-state index contributed by atoms with van der Waals surface area (Å²) in [5, 5.41) is 13.7. The van der Waals surface area contributed by atoms with Crippen molar-refractivity contribution in [3.63, 3.8) is 0 Å². The van der Waals surface area contributed by atoms with Gasteiger partial charge in [-0.3, -0.25) is 0 Å².